The molecule has 4 nitrogen and oxygen atoms in total. The Morgan fingerprint density at radius 2 is 2.06 bits per heavy atom. The van der Waals surface area contributed by atoms with Gasteiger partial charge in [-0.2, -0.15) is 0 Å². The number of hydrogen-bond donors (Lipinski definition) is 1. The Kier molecular flexibility index (Phi) is 5.36. The molecule has 0 saturated heterocycles. The van der Waals surface area contributed by atoms with E-state index in [1.807, 2.05) is 19.1 Å². The third-order valence-electron chi connectivity index (χ3n) is 2.60. The first-order chi connectivity index (χ1) is 8.54. The van der Waals surface area contributed by atoms with Crippen molar-refractivity contribution >= 4 is 11.7 Å². The molecule has 1 N–H and O–H groups in total. The SMILES string of the molecule is CNC(=O)CCCOc1cc(C)ccc1C(C)=O. The fraction of sp³-hybridized carbons (Fsp3) is 0.429. The number of Topliss-reactive ketones (excluding diaryl/α,β-unsaturated/α-hetero) is 1. The van der Waals surface area contributed by atoms with Crippen LogP contribution in [0, 0.1) is 6.92 Å². The van der Waals surface area contributed by atoms with Gasteiger partial charge < -0.3 is 10.1 Å². The molecule has 98 valence electrons. The third-order valence-corrected chi connectivity index (χ3v) is 2.60. The molecular formula is C14H19NO3. The minimum Gasteiger partial charge on any atom is -0.493 e. The van der Waals surface area contributed by atoms with Crippen LogP contribution in [0.25, 0.3) is 0 Å². The second-order valence-electron chi connectivity index (χ2n) is 4.18. The maximum absolute atomic E-state index is 11.4. The van der Waals surface area contributed by atoms with Crippen LogP contribution in [0.1, 0.15) is 35.7 Å². The van der Waals surface area contributed by atoms with Crippen LogP contribution in [0.5, 0.6) is 5.75 Å². The van der Waals surface area contributed by atoms with Crippen molar-refractivity contribution in [3.05, 3.63) is 29.3 Å². The number of rotatable bonds is 6. The van der Waals surface area contributed by atoms with E-state index in [1.54, 1.807) is 13.1 Å². The van der Waals surface area contributed by atoms with Crippen LogP contribution in [0.3, 0.4) is 0 Å². The highest BCUT2D eigenvalue weighted by atomic mass is 16.5. The van der Waals surface area contributed by atoms with Gasteiger partial charge in [0, 0.05) is 13.5 Å². The average Bonchev–Trinajstić information content (AvgIpc) is 2.34. The number of benzene rings is 1. The minimum absolute atomic E-state index is 0.00497. The standard InChI is InChI=1S/C14H19NO3/c1-10-6-7-12(11(2)16)13(9-10)18-8-4-5-14(17)15-3/h6-7,9H,4-5,8H2,1-3H3,(H,15,17). The smallest absolute Gasteiger partial charge is 0.219 e. The molecule has 0 fully saturated rings. The van der Waals surface area contributed by atoms with E-state index in [2.05, 4.69) is 5.32 Å². The molecule has 4 heteroatoms. The van der Waals surface area contributed by atoms with Gasteiger partial charge in [0.1, 0.15) is 5.75 Å². The lowest BCUT2D eigenvalue weighted by atomic mass is 10.1. The van der Waals surface area contributed by atoms with Crippen molar-refractivity contribution < 1.29 is 14.3 Å². The molecule has 0 bridgehead atoms. The van der Waals surface area contributed by atoms with Crippen LogP contribution in [-0.2, 0) is 4.79 Å². The molecule has 1 rings (SSSR count). The zero-order valence-corrected chi connectivity index (χ0v) is 11.1. The van der Waals surface area contributed by atoms with E-state index in [9.17, 15) is 9.59 Å². The van der Waals surface area contributed by atoms with Crippen molar-refractivity contribution in [3.63, 3.8) is 0 Å². The van der Waals surface area contributed by atoms with Crippen molar-refractivity contribution in [2.75, 3.05) is 13.7 Å². The molecule has 0 saturated carbocycles. The molecule has 0 aliphatic heterocycles. The molecule has 0 heterocycles. The van der Waals surface area contributed by atoms with E-state index in [0.717, 1.165) is 5.56 Å². The van der Waals surface area contributed by atoms with E-state index < -0.39 is 0 Å². The second-order valence-corrected chi connectivity index (χ2v) is 4.18. The van der Waals surface area contributed by atoms with Gasteiger partial charge in [-0.1, -0.05) is 6.07 Å². The molecule has 1 amide bonds. The fourth-order valence-corrected chi connectivity index (χ4v) is 1.58. The number of nitrogens with one attached hydrogen (secondary N) is 1. The monoisotopic (exact) mass is 249 g/mol. The van der Waals surface area contributed by atoms with Gasteiger partial charge in [-0.05, 0) is 38.0 Å². The van der Waals surface area contributed by atoms with E-state index in [1.165, 1.54) is 6.92 Å². The number of aryl methyl sites for hydroxylation is 1. The van der Waals surface area contributed by atoms with Crippen LogP contribution >= 0.6 is 0 Å². The Morgan fingerprint density at radius 1 is 1.33 bits per heavy atom. The van der Waals surface area contributed by atoms with Gasteiger partial charge in [0.15, 0.2) is 5.78 Å². The fourth-order valence-electron chi connectivity index (χ4n) is 1.58. The first kappa shape index (κ1) is 14.2. The highest BCUT2D eigenvalue weighted by molar-refractivity contribution is 5.96. The molecule has 18 heavy (non-hydrogen) atoms. The van der Waals surface area contributed by atoms with Gasteiger partial charge in [0.05, 0.1) is 12.2 Å². The summed E-state index contributed by atoms with van der Waals surface area (Å²) in [4.78, 5) is 22.5. The van der Waals surface area contributed by atoms with Gasteiger partial charge in [-0.15, -0.1) is 0 Å². The number of carbonyl (C=O) groups excluding carboxylic acids is 2. The van der Waals surface area contributed by atoms with E-state index >= 15 is 0 Å². The number of amides is 1. The Morgan fingerprint density at radius 3 is 2.67 bits per heavy atom. The van der Waals surface area contributed by atoms with Crippen LogP contribution in [-0.4, -0.2) is 25.3 Å². The number of hydrogen-bond acceptors (Lipinski definition) is 3. The zero-order valence-electron chi connectivity index (χ0n) is 11.1. The Hall–Kier alpha value is -1.84. The summed E-state index contributed by atoms with van der Waals surface area (Å²) in [7, 11) is 1.61. The lowest BCUT2D eigenvalue weighted by Gasteiger charge is -2.10. The van der Waals surface area contributed by atoms with Crippen LogP contribution in [0.2, 0.25) is 0 Å². The third kappa shape index (κ3) is 4.20. The summed E-state index contributed by atoms with van der Waals surface area (Å²) >= 11 is 0. The van der Waals surface area contributed by atoms with Crippen molar-refractivity contribution in [1.29, 1.82) is 0 Å². The molecule has 0 aliphatic carbocycles. The molecule has 0 spiro atoms. The maximum Gasteiger partial charge on any atom is 0.219 e. The first-order valence-corrected chi connectivity index (χ1v) is 5.99. The van der Waals surface area contributed by atoms with E-state index in [-0.39, 0.29) is 11.7 Å². The number of ketones is 1. The molecular weight excluding hydrogens is 230 g/mol. The molecule has 0 unspecified atom stereocenters. The normalized spacial score (nSPS) is 9.94. The molecule has 0 aromatic heterocycles. The predicted molar refractivity (Wildman–Crippen MR) is 70.0 cm³/mol. The van der Waals surface area contributed by atoms with Crippen molar-refractivity contribution in [1.82, 2.24) is 5.32 Å². The molecule has 0 atom stereocenters. The van der Waals surface area contributed by atoms with E-state index in [4.69, 9.17) is 4.74 Å². The van der Waals surface area contributed by atoms with Gasteiger partial charge in [-0.25, -0.2) is 0 Å². The van der Waals surface area contributed by atoms with Crippen LogP contribution in [0.15, 0.2) is 18.2 Å². The highest BCUT2D eigenvalue weighted by Crippen LogP contribution is 2.21. The lowest BCUT2D eigenvalue weighted by molar-refractivity contribution is -0.120. The Labute approximate surface area is 107 Å². The van der Waals surface area contributed by atoms with Crippen molar-refractivity contribution in [2.24, 2.45) is 0 Å². The summed E-state index contributed by atoms with van der Waals surface area (Å²) < 4.78 is 5.57. The molecule has 1 aromatic carbocycles. The quantitative estimate of drug-likeness (QED) is 0.620. The first-order valence-electron chi connectivity index (χ1n) is 5.99. The maximum atomic E-state index is 11.4. The average molecular weight is 249 g/mol. The van der Waals surface area contributed by atoms with E-state index in [0.29, 0.717) is 30.8 Å². The number of ether oxygens (including phenoxy) is 1. The summed E-state index contributed by atoms with van der Waals surface area (Å²) in [6.07, 6.45) is 1.06. The minimum atomic E-state index is -0.0173. The van der Waals surface area contributed by atoms with Crippen LogP contribution in [0.4, 0.5) is 0 Å². The van der Waals surface area contributed by atoms with Crippen molar-refractivity contribution in [3.8, 4) is 5.75 Å². The van der Waals surface area contributed by atoms with Gasteiger partial charge in [0.25, 0.3) is 0 Å². The van der Waals surface area contributed by atoms with Crippen molar-refractivity contribution in [2.45, 2.75) is 26.7 Å². The van der Waals surface area contributed by atoms with Gasteiger partial charge >= 0.3 is 0 Å². The number of carbonyl (C=O) groups is 2. The summed E-state index contributed by atoms with van der Waals surface area (Å²) in [6, 6.07) is 5.50. The van der Waals surface area contributed by atoms with Crippen LogP contribution < -0.4 is 10.1 Å². The molecule has 1 aromatic rings. The molecule has 0 radical (unpaired) electrons. The summed E-state index contributed by atoms with van der Waals surface area (Å²) in [5.74, 6) is 0.574. The predicted octanol–water partition coefficient (Wildman–Crippen LogP) is 2.10. The largest absolute Gasteiger partial charge is 0.493 e. The summed E-state index contributed by atoms with van der Waals surface area (Å²) in [6.45, 7) is 3.89. The lowest BCUT2D eigenvalue weighted by Crippen LogP contribution is -2.18. The van der Waals surface area contributed by atoms with Gasteiger partial charge in [0.2, 0.25) is 5.91 Å². The zero-order chi connectivity index (χ0) is 13.5. The second kappa shape index (κ2) is 6.79. The topological polar surface area (TPSA) is 55.4 Å². The Bertz CT molecular complexity index is 441. The van der Waals surface area contributed by atoms with Gasteiger partial charge in [-0.3, -0.25) is 9.59 Å². The summed E-state index contributed by atoms with van der Waals surface area (Å²) in [5.41, 5.74) is 1.63. The Balaban J connectivity index is 2.58. The summed E-state index contributed by atoms with van der Waals surface area (Å²) in [5, 5.41) is 2.55. The highest BCUT2D eigenvalue weighted by Gasteiger charge is 2.08. The molecule has 0 aliphatic rings.